The van der Waals surface area contributed by atoms with Gasteiger partial charge in [-0.15, -0.1) is 0 Å². The summed E-state index contributed by atoms with van der Waals surface area (Å²) in [6, 6.07) is 6.41. The first-order valence-corrected chi connectivity index (χ1v) is 7.33. The van der Waals surface area contributed by atoms with Crippen molar-refractivity contribution in [2.75, 3.05) is 6.61 Å². The molecule has 1 aliphatic carbocycles. The van der Waals surface area contributed by atoms with Crippen LogP contribution in [0.25, 0.3) is 0 Å². The highest BCUT2D eigenvalue weighted by Gasteiger charge is 2.27. The van der Waals surface area contributed by atoms with Crippen molar-refractivity contribution in [3.63, 3.8) is 0 Å². The Balaban J connectivity index is 1.75. The van der Waals surface area contributed by atoms with E-state index in [0.717, 1.165) is 25.7 Å². The van der Waals surface area contributed by atoms with Gasteiger partial charge in [-0.05, 0) is 42.7 Å². The van der Waals surface area contributed by atoms with Crippen LogP contribution in [0.2, 0.25) is 0 Å². The second-order valence-corrected chi connectivity index (χ2v) is 6.48. The van der Waals surface area contributed by atoms with Crippen molar-refractivity contribution < 1.29 is 13.9 Å². The summed E-state index contributed by atoms with van der Waals surface area (Å²) in [4.78, 5) is 11.8. The average molecular weight is 278 g/mol. The van der Waals surface area contributed by atoms with E-state index in [9.17, 15) is 9.18 Å². The average Bonchev–Trinajstić information content (AvgIpc) is 2.40. The normalized spacial score (nSPS) is 18.9. The topological polar surface area (TPSA) is 26.3 Å². The molecular weight excluding hydrogens is 255 g/mol. The molecule has 3 heteroatoms. The van der Waals surface area contributed by atoms with Gasteiger partial charge in [-0.1, -0.05) is 32.0 Å². The van der Waals surface area contributed by atoms with E-state index in [1.165, 1.54) is 6.07 Å². The molecule has 0 radical (unpaired) electrons. The number of halogens is 1. The van der Waals surface area contributed by atoms with Crippen LogP contribution >= 0.6 is 0 Å². The van der Waals surface area contributed by atoms with Crippen LogP contribution in [0.15, 0.2) is 24.3 Å². The lowest BCUT2D eigenvalue weighted by molar-refractivity contribution is -0.126. The third-order valence-electron chi connectivity index (χ3n) is 4.11. The predicted molar refractivity (Wildman–Crippen MR) is 77.1 cm³/mol. The van der Waals surface area contributed by atoms with Gasteiger partial charge >= 0.3 is 0 Å². The number of Topliss-reactive ketones (excluding diaryl/α,β-unsaturated/α-hetero) is 1. The summed E-state index contributed by atoms with van der Waals surface area (Å²) in [5.74, 6) is -0.375. The zero-order chi connectivity index (χ0) is 14.6. The van der Waals surface area contributed by atoms with E-state index in [4.69, 9.17) is 4.74 Å². The van der Waals surface area contributed by atoms with Crippen LogP contribution in [0.3, 0.4) is 0 Å². The molecule has 0 aromatic heterocycles. The number of rotatable bonds is 5. The van der Waals surface area contributed by atoms with Crippen LogP contribution in [0.1, 0.15) is 45.1 Å². The number of carbonyl (C=O) groups excluding carboxylic acids is 1. The van der Waals surface area contributed by atoms with Gasteiger partial charge in [0.15, 0.2) is 5.78 Å². The van der Waals surface area contributed by atoms with Crippen molar-refractivity contribution >= 4 is 5.78 Å². The van der Waals surface area contributed by atoms with Crippen LogP contribution in [-0.4, -0.2) is 18.5 Å². The fourth-order valence-electron chi connectivity index (χ4n) is 2.66. The molecule has 0 amide bonds. The summed E-state index contributed by atoms with van der Waals surface area (Å²) in [6.07, 6.45) is 4.61. The van der Waals surface area contributed by atoms with E-state index in [1.54, 1.807) is 18.2 Å². The zero-order valence-corrected chi connectivity index (χ0v) is 12.3. The lowest BCUT2D eigenvalue weighted by atomic mass is 9.76. The van der Waals surface area contributed by atoms with Crippen LogP contribution in [0.5, 0.6) is 0 Å². The van der Waals surface area contributed by atoms with Crippen LogP contribution < -0.4 is 0 Å². The van der Waals surface area contributed by atoms with Gasteiger partial charge < -0.3 is 4.74 Å². The highest BCUT2D eigenvalue weighted by molar-refractivity contribution is 5.82. The molecule has 2 rings (SSSR count). The molecule has 0 unspecified atom stereocenters. The molecular formula is C17H23FO2. The molecule has 1 fully saturated rings. The Morgan fingerprint density at radius 1 is 1.30 bits per heavy atom. The largest absolute Gasteiger partial charge is 0.370 e. The number of hydrogen-bond acceptors (Lipinski definition) is 2. The van der Waals surface area contributed by atoms with Gasteiger partial charge in [-0.3, -0.25) is 4.79 Å². The summed E-state index contributed by atoms with van der Waals surface area (Å²) in [6.45, 7) is 4.64. The van der Waals surface area contributed by atoms with Gasteiger partial charge in [0, 0.05) is 6.42 Å². The van der Waals surface area contributed by atoms with Gasteiger partial charge in [-0.2, -0.15) is 0 Å². The smallest absolute Gasteiger partial charge is 0.162 e. The lowest BCUT2D eigenvalue weighted by Gasteiger charge is -2.34. The standard InChI is InChI=1S/C17H23FO2/c1-17(2)9-7-15(8-10-17)20-12-14(19)11-13-5-3-4-6-16(13)18/h3-6,15H,7-12H2,1-2H3. The Bertz CT molecular complexity index is 458. The maximum atomic E-state index is 13.4. The first-order chi connectivity index (χ1) is 9.46. The number of carbonyl (C=O) groups is 1. The van der Waals surface area contributed by atoms with Crippen molar-refractivity contribution in [3.8, 4) is 0 Å². The highest BCUT2D eigenvalue weighted by Crippen LogP contribution is 2.36. The van der Waals surface area contributed by atoms with E-state index in [1.807, 2.05) is 0 Å². The number of ketones is 1. The minimum atomic E-state index is -0.319. The SMILES string of the molecule is CC1(C)CCC(OCC(=O)Cc2ccccc2F)CC1. The van der Waals surface area contributed by atoms with Crippen molar-refractivity contribution in [1.82, 2.24) is 0 Å². The minimum absolute atomic E-state index is 0.0556. The van der Waals surface area contributed by atoms with Crippen molar-refractivity contribution in [3.05, 3.63) is 35.6 Å². The van der Waals surface area contributed by atoms with Gasteiger partial charge in [0.1, 0.15) is 12.4 Å². The summed E-state index contributed by atoms with van der Waals surface area (Å²) in [5.41, 5.74) is 0.850. The third kappa shape index (κ3) is 4.41. The third-order valence-corrected chi connectivity index (χ3v) is 4.11. The van der Waals surface area contributed by atoms with E-state index < -0.39 is 0 Å². The van der Waals surface area contributed by atoms with Crippen LogP contribution in [0.4, 0.5) is 4.39 Å². The molecule has 1 aromatic carbocycles. The lowest BCUT2D eigenvalue weighted by Crippen LogP contribution is -2.28. The van der Waals surface area contributed by atoms with Gasteiger partial charge in [-0.25, -0.2) is 4.39 Å². The van der Waals surface area contributed by atoms with E-state index >= 15 is 0 Å². The first-order valence-electron chi connectivity index (χ1n) is 7.33. The molecule has 0 atom stereocenters. The number of ether oxygens (including phenoxy) is 1. The maximum Gasteiger partial charge on any atom is 0.162 e. The van der Waals surface area contributed by atoms with Gasteiger partial charge in [0.2, 0.25) is 0 Å². The summed E-state index contributed by atoms with van der Waals surface area (Å²) < 4.78 is 19.1. The molecule has 2 nitrogen and oxygen atoms in total. The Morgan fingerprint density at radius 3 is 2.60 bits per heavy atom. The Hall–Kier alpha value is -1.22. The zero-order valence-electron chi connectivity index (χ0n) is 12.3. The van der Waals surface area contributed by atoms with E-state index in [0.29, 0.717) is 11.0 Å². The molecule has 20 heavy (non-hydrogen) atoms. The van der Waals surface area contributed by atoms with Gasteiger partial charge in [0.05, 0.1) is 6.10 Å². The molecule has 0 saturated heterocycles. The monoisotopic (exact) mass is 278 g/mol. The predicted octanol–water partition coefficient (Wildman–Crippen LogP) is 3.92. The molecule has 1 saturated carbocycles. The van der Waals surface area contributed by atoms with Gasteiger partial charge in [0.25, 0.3) is 0 Å². The van der Waals surface area contributed by atoms with Crippen molar-refractivity contribution in [2.45, 2.75) is 52.1 Å². The Kier molecular flexibility index (Phi) is 4.92. The summed E-state index contributed by atoms with van der Waals surface area (Å²) in [7, 11) is 0. The van der Waals surface area contributed by atoms with Crippen LogP contribution in [-0.2, 0) is 16.0 Å². The molecule has 0 aliphatic heterocycles. The van der Waals surface area contributed by atoms with Crippen molar-refractivity contribution in [1.29, 1.82) is 0 Å². The Morgan fingerprint density at radius 2 is 1.95 bits per heavy atom. The van der Waals surface area contributed by atoms with Crippen LogP contribution in [0, 0.1) is 11.2 Å². The second kappa shape index (κ2) is 6.49. The fraction of sp³-hybridized carbons (Fsp3) is 0.588. The fourth-order valence-corrected chi connectivity index (χ4v) is 2.66. The summed E-state index contributed by atoms with van der Waals surface area (Å²) >= 11 is 0. The molecule has 1 aromatic rings. The summed E-state index contributed by atoms with van der Waals surface area (Å²) in [5, 5.41) is 0. The molecule has 0 N–H and O–H groups in total. The highest BCUT2D eigenvalue weighted by atomic mass is 19.1. The molecule has 110 valence electrons. The number of hydrogen-bond donors (Lipinski definition) is 0. The maximum absolute atomic E-state index is 13.4. The van der Waals surface area contributed by atoms with E-state index in [-0.39, 0.29) is 30.7 Å². The quantitative estimate of drug-likeness (QED) is 0.816. The molecule has 0 heterocycles. The second-order valence-electron chi connectivity index (χ2n) is 6.48. The molecule has 1 aliphatic rings. The van der Waals surface area contributed by atoms with E-state index in [2.05, 4.69) is 13.8 Å². The molecule has 0 spiro atoms. The van der Waals surface area contributed by atoms with Crippen molar-refractivity contribution in [2.24, 2.45) is 5.41 Å². The Labute approximate surface area is 120 Å². The molecule has 0 bridgehead atoms. The first kappa shape index (κ1) is 15.2. The number of benzene rings is 1. The minimum Gasteiger partial charge on any atom is -0.370 e.